The minimum atomic E-state index is -0.661. The van der Waals surface area contributed by atoms with Crippen molar-refractivity contribution in [1.29, 1.82) is 0 Å². The zero-order valence-electron chi connectivity index (χ0n) is 17.7. The van der Waals surface area contributed by atoms with Crippen LogP contribution in [0.2, 0.25) is 0 Å². The number of halogens is 1. The number of benzene rings is 2. The molecule has 2 aromatic carbocycles. The highest BCUT2D eigenvalue weighted by molar-refractivity contribution is 7.10. The fraction of sp³-hybridized carbons (Fsp3) is 0.217. The van der Waals surface area contributed by atoms with Gasteiger partial charge in [-0.3, -0.25) is 9.59 Å². The molecule has 1 N–H and O–H groups in total. The highest BCUT2D eigenvalue weighted by Crippen LogP contribution is 2.41. The van der Waals surface area contributed by atoms with Gasteiger partial charge in [0, 0.05) is 21.7 Å². The van der Waals surface area contributed by atoms with Gasteiger partial charge in [-0.05, 0) is 41.8 Å². The smallest absolute Gasteiger partial charge is 0.255 e. The Morgan fingerprint density at radius 2 is 1.81 bits per heavy atom. The molecule has 0 aliphatic carbocycles. The van der Waals surface area contributed by atoms with Crippen LogP contribution in [-0.4, -0.2) is 44.6 Å². The van der Waals surface area contributed by atoms with E-state index in [0.717, 1.165) is 4.88 Å². The molecule has 2 heterocycles. The summed E-state index contributed by atoms with van der Waals surface area (Å²) in [6.07, 6.45) is 0. The number of rotatable bonds is 5. The Morgan fingerprint density at radius 3 is 2.41 bits per heavy atom. The third-order valence-electron chi connectivity index (χ3n) is 5.19. The number of hydrogen-bond acceptors (Lipinski definition) is 6. The minimum Gasteiger partial charge on any atom is -0.493 e. The van der Waals surface area contributed by atoms with Gasteiger partial charge >= 0.3 is 0 Å². The second kappa shape index (κ2) is 8.88. The van der Waals surface area contributed by atoms with Gasteiger partial charge in [0.15, 0.2) is 11.5 Å². The van der Waals surface area contributed by atoms with E-state index in [1.165, 1.54) is 67.9 Å². The molecular formula is C23H21FN2O5S. The Balaban J connectivity index is 1.87. The number of hydrogen-bond donors (Lipinski definition) is 1. The van der Waals surface area contributed by atoms with Crippen molar-refractivity contribution in [3.8, 4) is 17.2 Å². The monoisotopic (exact) mass is 456 g/mol. The lowest BCUT2D eigenvalue weighted by Crippen LogP contribution is -2.38. The van der Waals surface area contributed by atoms with Crippen molar-refractivity contribution < 1.29 is 28.2 Å². The molecule has 2 amide bonds. The SMILES string of the molecule is COc1cc(C(=O)N2CC(=O)Nc3ccc(F)cc3C2c2cccs2)cc(OC)c1OC. The lowest BCUT2D eigenvalue weighted by atomic mass is 10.0. The largest absolute Gasteiger partial charge is 0.493 e. The summed E-state index contributed by atoms with van der Waals surface area (Å²) in [6.45, 7) is -0.214. The predicted molar refractivity (Wildman–Crippen MR) is 118 cm³/mol. The van der Waals surface area contributed by atoms with E-state index in [4.69, 9.17) is 14.2 Å². The Labute approximate surface area is 188 Å². The van der Waals surface area contributed by atoms with Crippen molar-refractivity contribution in [3.05, 3.63) is 69.7 Å². The molecular weight excluding hydrogens is 435 g/mol. The third-order valence-corrected chi connectivity index (χ3v) is 6.12. The lowest BCUT2D eigenvalue weighted by Gasteiger charge is -2.30. The average molecular weight is 456 g/mol. The lowest BCUT2D eigenvalue weighted by molar-refractivity contribution is -0.117. The van der Waals surface area contributed by atoms with Crippen LogP contribution < -0.4 is 19.5 Å². The maximum absolute atomic E-state index is 14.2. The first-order valence-electron chi connectivity index (χ1n) is 9.70. The molecule has 1 aliphatic rings. The molecule has 3 aromatic rings. The van der Waals surface area contributed by atoms with Crippen LogP contribution >= 0.6 is 11.3 Å². The number of methoxy groups -OCH3 is 3. The first-order chi connectivity index (χ1) is 15.5. The van der Waals surface area contributed by atoms with E-state index in [-0.39, 0.29) is 18.0 Å². The van der Waals surface area contributed by atoms with Crippen LogP contribution in [0.3, 0.4) is 0 Å². The van der Waals surface area contributed by atoms with Crippen LogP contribution in [0, 0.1) is 5.82 Å². The highest BCUT2D eigenvalue weighted by atomic mass is 32.1. The summed E-state index contributed by atoms with van der Waals surface area (Å²) in [5.41, 5.74) is 1.21. The third kappa shape index (κ3) is 3.87. The molecule has 1 unspecified atom stereocenters. The molecule has 7 nitrogen and oxygen atoms in total. The van der Waals surface area contributed by atoms with Crippen LogP contribution in [0.1, 0.15) is 26.8 Å². The minimum absolute atomic E-state index is 0.214. The Hall–Kier alpha value is -3.59. The molecule has 4 rings (SSSR count). The molecule has 0 saturated heterocycles. The second-order valence-corrected chi connectivity index (χ2v) is 8.02. The van der Waals surface area contributed by atoms with Gasteiger partial charge in [0.25, 0.3) is 5.91 Å². The summed E-state index contributed by atoms with van der Waals surface area (Å²) in [5, 5.41) is 4.65. The first-order valence-corrected chi connectivity index (χ1v) is 10.6. The molecule has 0 bridgehead atoms. The van der Waals surface area contributed by atoms with Gasteiger partial charge in [-0.2, -0.15) is 0 Å². The standard InChI is InChI=1S/C23H21FN2O5S/c1-29-17-9-13(10-18(30-2)22(17)31-3)23(28)26-12-20(27)25-16-7-6-14(24)11-15(16)21(26)19-5-4-8-32-19/h4-11,21H,12H2,1-3H3,(H,25,27). The molecule has 0 radical (unpaired) electrons. The summed E-state index contributed by atoms with van der Waals surface area (Å²) < 4.78 is 30.3. The van der Waals surface area contributed by atoms with E-state index >= 15 is 0 Å². The van der Waals surface area contributed by atoms with E-state index in [1.54, 1.807) is 0 Å². The molecule has 0 fully saturated rings. The van der Waals surface area contributed by atoms with Gasteiger partial charge < -0.3 is 24.4 Å². The number of thiophene rings is 1. The van der Waals surface area contributed by atoms with Crippen molar-refractivity contribution in [2.45, 2.75) is 6.04 Å². The molecule has 0 saturated carbocycles. The summed E-state index contributed by atoms with van der Waals surface area (Å²) >= 11 is 1.42. The van der Waals surface area contributed by atoms with E-state index in [1.807, 2.05) is 17.5 Å². The fourth-order valence-corrected chi connectivity index (χ4v) is 4.64. The predicted octanol–water partition coefficient (Wildman–Crippen LogP) is 4.10. The Kier molecular flexibility index (Phi) is 6.00. The van der Waals surface area contributed by atoms with Crippen molar-refractivity contribution >= 4 is 28.8 Å². The number of fused-ring (bicyclic) bond motifs is 1. The zero-order chi connectivity index (χ0) is 22.8. The molecule has 1 atom stereocenters. The van der Waals surface area contributed by atoms with Gasteiger partial charge in [0.05, 0.1) is 27.4 Å². The topological polar surface area (TPSA) is 77.1 Å². The van der Waals surface area contributed by atoms with E-state index < -0.39 is 17.8 Å². The molecule has 166 valence electrons. The molecule has 32 heavy (non-hydrogen) atoms. The van der Waals surface area contributed by atoms with Crippen LogP contribution in [-0.2, 0) is 4.79 Å². The molecule has 0 spiro atoms. The van der Waals surface area contributed by atoms with Crippen molar-refractivity contribution in [2.24, 2.45) is 0 Å². The molecule has 9 heteroatoms. The molecule has 1 aromatic heterocycles. The summed E-state index contributed by atoms with van der Waals surface area (Å²) in [5.74, 6) is -0.293. The Morgan fingerprint density at radius 1 is 1.09 bits per heavy atom. The van der Waals surface area contributed by atoms with Gasteiger partial charge in [0.2, 0.25) is 11.7 Å². The Bertz CT molecular complexity index is 1140. The van der Waals surface area contributed by atoms with Crippen LogP contribution in [0.5, 0.6) is 17.2 Å². The first kappa shape index (κ1) is 21.6. The van der Waals surface area contributed by atoms with Crippen LogP contribution in [0.25, 0.3) is 0 Å². The molecule has 1 aliphatic heterocycles. The van der Waals surface area contributed by atoms with Crippen molar-refractivity contribution in [1.82, 2.24) is 4.90 Å². The zero-order valence-corrected chi connectivity index (χ0v) is 18.5. The normalized spacial score (nSPS) is 15.4. The summed E-state index contributed by atoms with van der Waals surface area (Å²) in [7, 11) is 4.39. The van der Waals surface area contributed by atoms with Crippen LogP contribution in [0.15, 0.2) is 47.8 Å². The van der Waals surface area contributed by atoms with Gasteiger partial charge in [0.1, 0.15) is 12.4 Å². The van der Waals surface area contributed by atoms with E-state index in [2.05, 4.69) is 5.32 Å². The highest BCUT2D eigenvalue weighted by Gasteiger charge is 2.35. The fourth-order valence-electron chi connectivity index (χ4n) is 3.79. The van der Waals surface area contributed by atoms with Crippen LogP contribution in [0.4, 0.5) is 10.1 Å². The number of carbonyl (C=O) groups excluding carboxylic acids is 2. The van der Waals surface area contributed by atoms with Crippen molar-refractivity contribution in [2.75, 3.05) is 33.2 Å². The quantitative estimate of drug-likeness (QED) is 0.626. The summed E-state index contributed by atoms with van der Waals surface area (Å²) in [6, 6.07) is 10.2. The second-order valence-electron chi connectivity index (χ2n) is 7.04. The number of nitrogens with zero attached hydrogens (tertiary/aromatic N) is 1. The number of amides is 2. The maximum atomic E-state index is 14.2. The number of ether oxygens (including phenoxy) is 3. The van der Waals surface area contributed by atoms with Crippen molar-refractivity contribution in [3.63, 3.8) is 0 Å². The van der Waals surface area contributed by atoms with Gasteiger partial charge in [-0.15, -0.1) is 11.3 Å². The summed E-state index contributed by atoms with van der Waals surface area (Å²) in [4.78, 5) is 28.6. The van der Waals surface area contributed by atoms with Gasteiger partial charge in [-0.1, -0.05) is 6.07 Å². The van der Waals surface area contributed by atoms with E-state index in [9.17, 15) is 14.0 Å². The number of carbonyl (C=O) groups is 2. The maximum Gasteiger partial charge on any atom is 0.255 e. The average Bonchev–Trinajstić information content (AvgIpc) is 3.28. The van der Waals surface area contributed by atoms with E-state index in [0.29, 0.717) is 28.5 Å². The number of anilines is 1. The number of nitrogens with one attached hydrogen (secondary N) is 1. The van der Waals surface area contributed by atoms with Gasteiger partial charge in [-0.25, -0.2) is 4.39 Å².